The summed E-state index contributed by atoms with van der Waals surface area (Å²) in [6.45, 7) is 2.15. The van der Waals surface area contributed by atoms with Crippen LogP contribution in [-0.2, 0) is 4.79 Å². The van der Waals surface area contributed by atoms with Crippen molar-refractivity contribution in [3.05, 3.63) is 29.8 Å². The Hall–Kier alpha value is -0.520. The molecule has 0 unspecified atom stereocenters. The molecule has 0 aliphatic rings. The number of aliphatic carboxylic acids is 1. The molecule has 0 saturated heterocycles. The van der Waals surface area contributed by atoms with Crippen LogP contribution >= 0.6 is 0 Å². The number of hydrogen-bond acceptors (Lipinski definition) is 1. The van der Waals surface area contributed by atoms with Gasteiger partial charge in [-0.05, 0) is 0 Å². The van der Waals surface area contributed by atoms with Gasteiger partial charge in [0.05, 0.1) is 0 Å². The maximum atomic E-state index is 10.3. The summed E-state index contributed by atoms with van der Waals surface area (Å²) in [4.78, 5) is 10.3. The summed E-state index contributed by atoms with van der Waals surface area (Å²) >= 11 is -0.0988. The molecule has 0 radical (unpaired) electrons. The third kappa shape index (κ3) is 5.20. The average molecular weight is 320 g/mol. The van der Waals surface area contributed by atoms with Gasteiger partial charge in [0.1, 0.15) is 0 Å². The molecule has 0 heterocycles. The second-order valence-electron chi connectivity index (χ2n) is 3.46. The molecule has 82 valence electrons. The normalized spacial score (nSPS) is 10.2. The number of carboxylic acids is 1. The summed E-state index contributed by atoms with van der Waals surface area (Å²) < 4.78 is 2.72. The van der Waals surface area contributed by atoms with Crippen molar-refractivity contribution in [3.63, 3.8) is 0 Å². The van der Waals surface area contributed by atoms with Gasteiger partial charge in [0.2, 0.25) is 0 Å². The van der Waals surface area contributed by atoms with E-state index in [4.69, 9.17) is 5.11 Å². The fraction of sp³-hybridized carbons (Fsp3) is 0.417. The van der Waals surface area contributed by atoms with Crippen molar-refractivity contribution in [1.29, 1.82) is 0 Å². The molecule has 0 amide bonds. The van der Waals surface area contributed by atoms with Gasteiger partial charge in [-0.15, -0.1) is 0 Å². The predicted octanol–water partition coefficient (Wildman–Crippen LogP) is 2.00. The fourth-order valence-electron chi connectivity index (χ4n) is 1.28. The number of rotatable bonds is 6. The zero-order valence-electron chi connectivity index (χ0n) is 8.90. The zero-order valence-corrected chi connectivity index (χ0v) is 11.2. The molecule has 0 aliphatic heterocycles. The monoisotopic (exact) mass is 322 g/mol. The predicted molar refractivity (Wildman–Crippen MR) is 62.9 cm³/mol. The van der Waals surface area contributed by atoms with Gasteiger partial charge in [-0.1, -0.05) is 0 Å². The topological polar surface area (TPSA) is 37.3 Å². The van der Waals surface area contributed by atoms with E-state index >= 15 is 0 Å². The Morgan fingerprint density at radius 2 is 2.07 bits per heavy atom. The van der Waals surface area contributed by atoms with E-state index in [0.29, 0.717) is 6.42 Å². The Morgan fingerprint density at radius 1 is 1.33 bits per heavy atom. The van der Waals surface area contributed by atoms with Crippen molar-refractivity contribution in [1.82, 2.24) is 0 Å². The van der Waals surface area contributed by atoms with Gasteiger partial charge in [0.15, 0.2) is 0 Å². The molecule has 0 saturated carbocycles. The van der Waals surface area contributed by atoms with Gasteiger partial charge in [0, 0.05) is 0 Å². The Labute approximate surface area is 101 Å². The van der Waals surface area contributed by atoms with E-state index in [2.05, 4.69) is 31.2 Å². The summed E-state index contributed by atoms with van der Waals surface area (Å²) in [5.41, 5.74) is 1.39. The molecular weight excluding hydrogens is 304 g/mol. The second-order valence-corrected chi connectivity index (χ2v) is 6.71. The molecule has 1 rings (SSSR count). The van der Waals surface area contributed by atoms with Gasteiger partial charge in [0.25, 0.3) is 0 Å². The van der Waals surface area contributed by atoms with E-state index in [1.807, 2.05) is 0 Å². The average Bonchev–Trinajstić information content (AvgIpc) is 2.20. The third-order valence-electron chi connectivity index (χ3n) is 2.14. The van der Waals surface area contributed by atoms with E-state index in [9.17, 15) is 4.79 Å². The van der Waals surface area contributed by atoms with E-state index < -0.39 is 5.97 Å². The van der Waals surface area contributed by atoms with Gasteiger partial charge in [-0.25, -0.2) is 0 Å². The Kier molecular flexibility index (Phi) is 5.75. The van der Waals surface area contributed by atoms with Gasteiger partial charge in [-0.3, -0.25) is 0 Å². The van der Waals surface area contributed by atoms with E-state index in [-0.39, 0.29) is 20.9 Å². The molecule has 1 aromatic rings. The Morgan fingerprint density at radius 3 is 2.73 bits per heavy atom. The molecule has 0 fully saturated rings. The van der Waals surface area contributed by atoms with Crippen LogP contribution < -0.4 is 3.61 Å². The van der Waals surface area contributed by atoms with Crippen LogP contribution in [0.3, 0.4) is 0 Å². The molecule has 0 bridgehead atoms. The summed E-state index contributed by atoms with van der Waals surface area (Å²) in [5.74, 6) is -0.675. The van der Waals surface area contributed by atoms with E-state index in [1.165, 1.54) is 13.6 Å². The molecule has 0 aromatic heterocycles. The van der Waals surface area contributed by atoms with Gasteiger partial charge in [-0.2, -0.15) is 0 Å². The number of hydrogen-bond donors (Lipinski definition) is 1. The zero-order chi connectivity index (χ0) is 11.1. The quantitative estimate of drug-likeness (QED) is 0.643. The summed E-state index contributed by atoms with van der Waals surface area (Å²) in [6, 6.07) is 8.51. The maximum absolute atomic E-state index is 10.3. The summed E-state index contributed by atoms with van der Waals surface area (Å²) in [5, 5.41) is 8.48. The van der Waals surface area contributed by atoms with Crippen molar-refractivity contribution < 1.29 is 9.90 Å². The van der Waals surface area contributed by atoms with Crippen LogP contribution in [0.4, 0.5) is 0 Å². The Balaban J connectivity index is 2.21. The number of carbonyl (C=O) groups is 1. The molecule has 0 spiro atoms. The van der Waals surface area contributed by atoms with Crippen molar-refractivity contribution in [2.45, 2.75) is 30.7 Å². The molecule has 2 nitrogen and oxygen atoms in total. The van der Waals surface area contributed by atoms with Gasteiger partial charge < -0.3 is 0 Å². The van der Waals surface area contributed by atoms with Crippen molar-refractivity contribution in [2.24, 2.45) is 0 Å². The molecule has 3 heteroatoms. The fourth-order valence-corrected chi connectivity index (χ4v) is 4.24. The SMILES string of the molecule is Cc1ccccc1[Te]CCCCC(=O)O. The molecule has 0 aliphatic carbocycles. The van der Waals surface area contributed by atoms with Crippen LogP contribution in [0.5, 0.6) is 0 Å². The van der Waals surface area contributed by atoms with Crippen molar-refractivity contribution in [3.8, 4) is 0 Å². The first kappa shape index (κ1) is 12.5. The van der Waals surface area contributed by atoms with Crippen LogP contribution in [0.2, 0.25) is 4.47 Å². The minimum atomic E-state index is -0.675. The Bertz CT molecular complexity index is 323. The second kappa shape index (κ2) is 6.87. The minimum absolute atomic E-state index is 0.0988. The van der Waals surface area contributed by atoms with Crippen LogP contribution in [-0.4, -0.2) is 32.0 Å². The van der Waals surface area contributed by atoms with E-state index in [1.54, 1.807) is 0 Å². The molecule has 15 heavy (non-hydrogen) atoms. The first-order chi connectivity index (χ1) is 7.20. The van der Waals surface area contributed by atoms with E-state index in [0.717, 1.165) is 12.8 Å². The van der Waals surface area contributed by atoms with Crippen LogP contribution in [0, 0.1) is 6.92 Å². The molecule has 1 N–H and O–H groups in total. The van der Waals surface area contributed by atoms with Gasteiger partial charge >= 0.3 is 101 Å². The van der Waals surface area contributed by atoms with Crippen LogP contribution in [0.15, 0.2) is 24.3 Å². The first-order valence-electron chi connectivity index (χ1n) is 5.10. The third-order valence-corrected chi connectivity index (χ3v) is 5.74. The summed E-state index contributed by atoms with van der Waals surface area (Å²) in [7, 11) is 0. The summed E-state index contributed by atoms with van der Waals surface area (Å²) in [6.07, 6.45) is 2.20. The number of carboxylic acid groups (broad SMARTS) is 1. The molecule has 0 atom stereocenters. The number of unbranched alkanes of at least 4 members (excludes halogenated alkanes) is 1. The first-order valence-corrected chi connectivity index (χ1v) is 7.91. The molecule has 1 aromatic carbocycles. The van der Waals surface area contributed by atoms with Crippen LogP contribution in [0.1, 0.15) is 24.8 Å². The molecular formula is C12H16O2Te. The van der Waals surface area contributed by atoms with Crippen LogP contribution in [0.25, 0.3) is 0 Å². The standard InChI is InChI=1S/C12H16O2Te/c1-10-6-2-3-7-11(10)15-9-5-4-8-12(13)14/h2-3,6-7H,4-5,8-9H2,1H3,(H,13,14). The number of benzene rings is 1. The number of aryl methyl sites for hydroxylation is 1. The van der Waals surface area contributed by atoms with Crippen molar-refractivity contribution in [2.75, 3.05) is 0 Å². The van der Waals surface area contributed by atoms with Crippen molar-refractivity contribution >= 4 is 30.5 Å².